The van der Waals surface area contributed by atoms with Gasteiger partial charge in [0.05, 0.1) is 12.1 Å². The van der Waals surface area contributed by atoms with Crippen LogP contribution in [-0.4, -0.2) is 48.8 Å². The van der Waals surface area contributed by atoms with Crippen LogP contribution in [0, 0.1) is 0 Å². The van der Waals surface area contributed by atoms with Gasteiger partial charge >= 0.3 is 0 Å². The van der Waals surface area contributed by atoms with Crippen molar-refractivity contribution in [3.63, 3.8) is 0 Å². The lowest BCUT2D eigenvalue weighted by molar-refractivity contribution is 0.116. The molecule has 2 aromatic rings. The first-order valence-corrected chi connectivity index (χ1v) is 7.13. The number of anilines is 2. The van der Waals surface area contributed by atoms with Gasteiger partial charge in [0.1, 0.15) is 6.33 Å². The maximum absolute atomic E-state index is 10.0. The maximum Gasteiger partial charge on any atom is 0.241 e. The van der Waals surface area contributed by atoms with Crippen LogP contribution in [-0.2, 0) is 0 Å². The molecule has 1 aliphatic carbocycles. The number of nitrogens with zero attached hydrogens (tertiary/aromatic N) is 5. The van der Waals surface area contributed by atoms with Crippen LogP contribution in [0.25, 0.3) is 5.95 Å². The van der Waals surface area contributed by atoms with Crippen LogP contribution in [0.2, 0.25) is 0 Å². The molecule has 8 nitrogen and oxygen atoms in total. The smallest absolute Gasteiger partial charge is 0.241 e. The number of hydrogen-bond donors (Lipinski definition) is 3. The first kappa shape index (κ1) is 13.7. The van der Waals surface area contributed by atoms with Crippen LogP contribution < -0.4 is 10.6 Å². The molecule has 3 N–H and O–H groups in total. The highest BCUT2D eigenvalue weighted by Gasteiger charge is 2.24. The number of nitrogens with one attached hydrogen (secondary N) is 2. The highest BCUT2D eigenvalue weighted by molar-refractivity contribution is 5.38. The lowest BCUT2D eigenvalue weighted by atomic mass is 9.93. The molecule has 0 spiro atoms. The van der Waals surface area contributed by atoms with E-state index in [2.05, 4.69) is 30.6 Å². The molecule has 112 valence electrons. The van der Waals surface area contributed by atoms with E-state index in [-0.39, 0.29) is 12.1 Å². The quantitative estimate of drug-likeness (QED) is 0.765. The maximum atomic E-state index is 10.0. The van der Waals surface area contributed by atoms with Gasteiger partial charge in [-0.2, -0.15) is 15.0 Å². The van der Waals surface area contributed by atoms with Gasteiger partial charge in [-0.25, -0.2) is 4.98 Å². The molecular weight excluding hydrogens is 270 g/mol. The summed E-state index contributed by atoms with van der Waals surface area (Å²) in [5.74, 6) is 1.42. The molecule has 3 rings (SSSR count). The van der Waals surface area contributed by atoms with Crippen LogP contribution in [0.4, 0.5) is 11.9 Å². The zero-order chi connectivity index (χ0) is 14.7. The third-order valence-corrected chi connectivity index (χ3v) is 3.63. The second-order valence-corrected chi connectivity index (χ2v) is 5.11. The predicted octanol–water partition coefficient (Wildman–Crippen LogP) is 0.814. The van der Waals surface area contributed by atoms with Crippen molar-refractivity contribution in [2.24, 2.45) is 0 Å². The van der Waals surface area contributed by atoms with Crippen molar-refractivity contribution in [1.29, 1.82) is 0 Å². The molecule has 0 bridgehead atoms. The Bertz CT molecular complexity index is 586. The third kappa shape index (κ3) is 3.10. The summed E-state index contributed by atoms with van der Waals surface area (Å²) in [6, 6.07) is -0.0125. The molecule has 0 aliphatic heterocycles. The summed E-state index contributed by atoms with van der Waals surface area (Å²) < 4.78 is 1.71. The minimum absolute atomic E-state index is 0.0125. The van der Waals surface area contributed by atoms with E-state index < -0.39 is 0 Å². The molecule has 1 saturated carbocycles. The zero-order valence-electron chi connectivity index (χ0n) is 11.9. The van der Waals surface area contributed by atoms with Crippen molar-refractivity contribution in [1.82, 2.24) is 24.5 Å². The SMILES string of the molecule is CNc1nc(NC2CCCCC2O)nc(-n2ccnc2)n1. The topological polar surface area (TPSA) is 101 Å². The summed E-state index contributed by atoms with van der Waals surface area (Å²) >= 11 is 0. The van der Waals surface area contributed by atoms with Crippen molar-refractivity contribution >= 4 is 11.9 Å². The van der Waals surface area contributed by atoms with Gasteiger partial charge in [0.2, 0.25) is 17.8 Å². The van der Waals surface area contributed by atoms with Gasteiger partial charge in [-0.15, -0.1) is 0 Å². The summed E-state index contributed by atoms with van der Waals surface area (Å²) in [5.41, 5.74) is 0. The molecule has 0 radical (unpaired) electrons. The lowest BCUT2D eigenvalue weighted by Crippen LogP contribution is -2.37. The summed E-state index contributed by atoms with van der Waals surface area (Å²) in [6.07, 6.45) is 8.62. The number of rotatable bonds is 4. The monoisotopic (exact) mass is 289 g/mol. The minimum atomic E-state index is -0.356. The Morgan fingerprint density at radius 3 is 2.71 bits per heavy atom. The second-order valence-electron chi connectivity index (χ2n) is 5.11. The van der Waals surface area contributed by atoms with E-state index in [0.29, 0.717) is 17.8 Å². The van der Waals surface area contributed by atoms with E-state index >= 15 is 0 Å². The Balaban J connectivity index is 1.85. The normalized spacial score (nSPS) is 22.0. The van der Waals surface area contributed by atoms with Crippen molar-refractivity contribution in [3.05, 3.63) is 18.7 Å². The first-order chi connectivity index (χ1) is 10.3. The molecule has 0 amide bonds. The van der Waals surface area contributed by atoms with E-state index in [0.717, 1.165) is 25.7 Å². The van der Waals surface area contributed by atoms with E-state index in [9.17, 15) is 5.11 Å². The largest absolute Gasteiger partial charge is 0.391 e. The Hall–Kier alpha value is -2.22. The number of aliphatic hydroxyl groups is 1. The Kier molecular flexibility index (Phi) is 3.96. The van der Waals surface area contributed by atoms with Crippen LogP contribution in [0.15, 0.2) is 18.7 Å². The van der Waals surface area contributed by atoms with Crippen LogP contribution >= 0.6 is 0 Å². The van der Waals surface area contributed by atoms with Gasteiger partial charge in [0.25, 0.3) is 0 Å². The Morgan fingerprint density at radius 1 is 1.19 bits per heavy atom. The van der Waals surface area contributed by atoms with Crippen LogP contribution in [0.3, 0.4) is 0 Å². The highest BCUT2D eigenvalue weighted by Crippen LogP contribution is 2.21. The molecule has 2 aromatic heterocycles. The molecule has 1 aliphatic rings. The Morgan fingerprint density at radius 2 is 2.00 bits per heavy atom. The summed E-state index contributed by atoms with van der Waals surface area (Å²) in [6.45, 7) is 0. The predicted molar refractivity (Wildman–Crippen MR) is 78.4 cm³/mol. The fourth-order valence-electron chi connectivity index (χ4n) is 2.48. The molecule has 2 atom stereocenters. The standard InChI is InChI=1S/C13H19N7O/c1-14-11-17-12(16-9-4-2-3-5-10(9)21)19-13(18-11)20-7-6-15-8-20/h6-10,21H,2-5H2,1H3,(H2,14,16,17,18,19). The van der Waals surface area contributed by atoms with Crippen molar-refractivity contribution in [3.8, 4) is 5.95 Å². The van der Waals surface area contributed by atoms with E-state index in [1.807, 2.05) is 0 Å². The number of aliphatic hydroxyl groups excluding tert-OH is 1. The van der Waals surface area contributed by atoms with Gasteiger partial charge in [-0.05, 0) is 12.8 Å². The van der Waals surface area contributed by atoms with Gasteiger partial charge < -0.3 is 15.7 Å². The lowest BCUT2D eigenvalue weighted by Gasteiger charge is -2.28. The van der Waals surface area contributed by atoms with E-state index in [1.54, 1.807) is 30.3 Å². The zero-order valence-corrected chi connectivity index (χ0v) is 11.9. The number of hydrogen-bond acceptors (Lipinski definition) is 7. The average molecular weight is 289 g/mol. The minimum Gasteiger partial charge on any atom is -0.391 e. The molecule has 2 heterocycles. The summed E-state index contributed by atoms with van der Waals surface area (Å²) in [7, 11) is 1.76. The molecular formula is C13H19N7O. The van der Waals surface area contributed by atoms with Gasteiger partial charge in [0, 0.05) is 19.4 Å². The highest BCUT2D eigenvalue weighted by atomic mass is 16.3. The fraction of sp³-hybridized carbons (Fsp3) is 0.538. The number of aromatic nitrogens is 5. The summed E-state index contributed by atoms with van der Waals surface area (Å²) in [4.78, 5) is 17.0. The van der Waals surface area contributed by atoms with Gasteiger partial charge in [-0.1, -0.05) is 12.8 Å². The second kappa shape index (κ2) is 6.04. The molecule has 0 saturated heterocycles. The first-order valence-electron chi connectivity index (χ1n) is 7.13. The van der Waals surface area contributed by atoms with Crippen LogP contribution in [0.5, 0.6) is 0 Å². The third-order valence-electron chi connectivity index (χ3n) is 3.63. The molecule has 0 aromatic carbocycles. The van der Waals surface area contributed by atoms with Gasteiger partial charge in [-0.3, -0.25) is 4.57 Å². The van der Waals surface area contributed by atoms with Crippen molar-refractivity contribution < 1.29 is 5.11 Å². The molecule has 2 unspecified atom stereocenters. The molecule has 21 heavy (non-hydrogen) atoms. The molecule has 8 heteroatoms. The van der Waals surface area contributed by atoms with Crippen molar-refractivity contribution in [2.75, 3.05) is 17.7 Å². The fourth-order valence-corrected chi connectivity index (χ4v) is 2.48. The van der Waals surface area contributed by atoms with Gasteiger partial charge in [0.15, 0.2) is 0 Å². The Labute approximate surface area is 122 Å². The molecule has 1 fully saturated rings. The average Bonchev–Trinajstić information content (AvgIpc) is 3.04. The summed E-state index contributed by atoms with van der Waals surface area (Å²) in [5, 5.41) is 16.2. The van der Waals surface area contributed by atoms with Crippen LogP contribution in [0.1, 0.15) is 25.7 Å². The van der Waals surface area contributed by atoms with E-state index in [1.165, 1.54) is 0 Å². The van der Waals surface area contributed by atoms with Crippen molar-refractivity contribution in [2.45, 2.75) is 37.8 Å². The number of imidazole rings is 1. The van der Waals surface area contributed by atoms with E-state index in [4.69, 9.17) is 0 Å².